The van der Waals surface area contributed by atoms with E-state index in [-0.39, 0.29) is 5.78 Å². The van der Waals surface area contributed by atoms with Gasteiger partial charge >= 0.3 is 0 Å². The van der Waals surface area contributed by atoms with E-state index in [9.17, 15) is 4.79 Å². The summed E-state index contributed by atoms with van der Waals surface area (Å²) in [6, 6.07) is 30.9. The lowest BCUT2D eigenvalue weighted by molar-refractivity contribution is 0.103. The molecule has 0 radical (unpaired) electrons. The number of carbonyl (C=O) groups excluding carboxylic acids is 1. The molecule has 5 rings (SSSR count). The van der Waals surface area contributed by atoms with Gasteiger partial charge in [-0.25, -0.2) is 0 Å². The summed E-state index contributed by atoms with van der Waals surface area (Å²) in [7, 11) is 0. The van der Waals surface area contributed by atoms with E-state index in [2.05, 4.69) is 67.6 Å². The average molecular weight is 423 g/mol. The van der Waals surface area contributed by atoms with E-state index in [1.165, 1.54) is 26.5 Å². The summed E-state index contributed by atoms with van der Waals surface area (Å²) < 4.78 is 0. The van der Waals surface area contributed by atoms with Gasteiger partial charge in [-0.15, -0.1) is 0 Å². The maximum atomic E-state index is 12.4. The molecule has 0 atom stereocenters. The Morgan fingerprint density at radius 3 is 1.71 bits per heavy atom. The molecular formula is C29H26OS. The van der Waals surface area contributed by atoms with Crippen LogP contribution < -0.4 is 0 Å². The molecule has 31 heavy (non-hydrogen) atoms. The first-order valence-electron chi connectivity index (χ1n) is 10.5. The number of hydrogen-bond acceptors (Lipinski definition) is 2. The normalized spacial score (nSPS) is 11.6. The van der Waals surface area contributed by atoms with Gasteiger partial charge in [0.2, 0.25) is 0 Å². The van der Waals surface area contributed by atoms with Crippen molar-refractivity contribution in [2.45, 2.75) is 37.0 Å². The predicted molar refractivity (Wildman–Crippen MR) is 130 cm³/mol. The summed E-state index contributed by atoms with van der Waals surface area (Å²) in [6.07, 6.45) is 1.08. The van der Waals surface area contributed by atoms with Gasteiger partial charge in [0.25, 0.3) is 0 Å². The third-order valence-corrected chi connectivity index (χ3v) is 6.72. The summed E-state index contributed by atoms with van der Waals surface area (Å²) in [6.45, 7) is 6.04. The lowest BCUT2D eigenvalue weighted by Crippen LogP contribution is -2.06. The highest BCUT2D eigenvalue weighted by Crippen LogP contribution is 2.38. The van der Waals surface area contributed by atoms with Gasteiger partial charge in [0, 0.05) is 20.9 Å². The second-order valence-corrected chi connectivity index (χ2v) is 9.05. The molecule has 0 saturated heterocycles. The first kappa shape index (κ1) is 21.1. The molecule has 0 spiro atoms. The highest BCUT2D eigenvalue weighted by Gasteiger charge is 2.15. The van der Waals surface area contributed by atoms with E-state index in [1.54, 1.807) is 0 Å². The van der Waals surface area contributed by atoms with Crippen LogP contribution in [0.25, 0.3) is 0 Å². The maximum absolute atomic E-state index is 12.4. The summed E-state index contributed by atoms with van der Waals surface area (Å²) in [5.74, 6) is 0.112. The third kappa shape index (κ3) is 4.81. The Labute approximate surface area is 189 Å². The van der Waals surface area contributed by atoms with Crippen LogP contribution >= 0.6 is 11.8 Å². The minimum Gasteiger partial charge on any atom is -0.289 e. The molecule has 2 heteroatoms. The fourth-order valence-electron chi connectivity index (χ4n) is 4.09. The zero-order valence-electron chi connectivity index (χ0n) is 18.2. The number of aryl methyl sites for hydroxylation is 3. The second-order valence-electron chi connectivity index (χ2n) is 7.96. The van der Waals surface area contributed by atoms with E-state index < -0.39 is 0 Å². The molecule has 0 fully saturated rings. The standard InChI is InChI=1S/C16H16O.C13H10S/c1-11-9-12(2)15(13(3)10-11)16(17)14-7-5-4-6-8-14;1-3-7-12-10(5-1)9-11-6-2-4-8-13(11)14-12/h4-10H,1-3H3;1-8H,9H2. The number of benzene rings is 4. The van der Waals surface area contributed by atoms with Crippen LogP contribution in [0.5, 0.6) is 0 Å². The molecule has 0 bridgehead atoms. The van der Waals surface area contributed by atoms with Gasteiger partial charge in [0.05, 0.1) is 0 Å². The molecule has 0 saturated carbocycles. The maximum Gasteiger partial charge on any atom is 0.193 e. The number of rotatable bonds is 2. The van der Waals surface area contributed by atoms with Crippen LogP contribution in [0.15, 0.2) is 101 Å². The van der Waals surface area contributed by atoms with Gasteiger partial charge in [-0.2, -0.15) is 0 Å². The van der Waals surface area contributed by atoms with E-state index in [4.69, 9.17) is 0 Å². The van der Waals surface area contributed by atoms with Crippen LogP contribution in [0.1, 0.15) is 43.7 Å². The predicted octanol–water partition coefficient (Wildman–Crippen LogP) is 7.58. The minimum absolute atomic E-state index is 0.112. The quantitative estimate of drug-likeness (QED) is 0.273. The Morgan fingerprint density at radius 2 is 1.16 bits per heavy atom. The number of carbonyl (C=O) groups is 1. The minimum atomic E-state index is 0.112. The molecule has 1 nitrogen and oxygen atoms in total. The van der Waals surface area contributed by atoms with Crippen molar-refractivity contribution in [2.24, 2.45) is 0 Å². The molecule has 4 aromatic carbocycles. The summed E-state index contributed by atoms with van der Waals surface area (Å²) in [4.78, 5) is 15.2. The highest BCUT2D eigenvalue weighted by molar-refractivity contribution is 7.99. The van der Waals surface area contributed by atoms with Crippen molar-refractivity contribution in [1.29, 1.82) is 0 Å². The van der Waals surface area contributed by atoms with Crippen molar-refractivity contribution in [3.63, 3.8) is 0 Å². The zero-order chi connectivity index (χ0) is 21.8. The van der Waals surface area contributed by atoms with Crippen LogP contribution in [0.2, 0.25) is 0 Å². The van der Waals surface area contributed by atoms with Crippen molar-refractivity contribution in [3.05, 3.63) is 130 Å². The SMILES string of the molecule is Cc1cc(C)c(C(=O)c2ccccc2)c(C)c1.c1ccc2c(c1)Cc1ccccc1S2. The van der Waals surface area contributed by atoms with E-state index in [1.807, 2.05) is 55.9 Å². The number of fused-ring (bicyclic) bond motifs is 2. The summed E-state index contributed by atoms with van der Waals surface area (Å²) >= 11 is 1.88. The molecule has 1 aliphatic heterocycles. The number of hydrogen-bond donors (Lipinski definition) is 0. The average Bonchev–Trinajstić information content (AvgIpc) is 2.78. The summed E-state index contributed by atoms with van der Waals surface area (Å²) in [5, 5.41) is 0. The molecule has 154 valence electrons. The molecule has 0 amide bonds. The van der Waals surface area contributed by atoms with Gasteiger partial charge in [-0.1, -0.05) is 96.2 Å². The molecule has 1 heterocycles. The van der Waals surface area contributed by atoms with Crippen molar-refractivity contribution >= 4 is 17.5 Å². The first-order chi connectivity index (χ1) is 15.0. The fraction of sp³-hybridized carbons (Fsp3) is 0.138. The first-order valence-corrected chi connectivity index (χ1v) is 11.4. The van der Waals surface area contributed by atoms with Crippen LogP contribution in [-0.2, 0) is 6.42 Å². The molecule has 0 N–H and O–H groups in total. The smallest absolute Gasteiger partial charge is 0.193 e. The van der Waals surface area contributed by atoms with Gasteiger partial charge in [-0.3, -0.25) is 4.79 Å². The van der Waals surface area contributed by atoms with Gasteiger partial charge in [0.1, 0.15) is 0 Å². The molecule has 0 aromatic heterocycles. The lowest BCUT2D eigenvalue weighted by atomic mass is 9.93. The van der Waals surface area contributed by atoms with Crippen LogP contribution in [0, 0.1) is 20.8 Å². The topological polar surface area (TPSA) is 17.1 Å². The number of ketones is 1. The van der Waals surface area contributed by atoms with Crippen LogP contribution in [-0.4, -0.2) is 5.78 Å². The largest absolute Gasteiger partial charge is 0.289 e. The van der Waals surface area contributed by atoms with Crippen molar-refractivity contribution in [1.82, 2.24) is 0 Å². The van der Waals surface area contributed by atoms with Gasteiger partial charge in [-0.05, 0) is 61.6 Å². The molecule has 0 aliphatic carbocycles. The Kier molecular flexibility index (Phi) is 6.39. The molecule has 1 aliphatic rings. The Balaban J connectivity index is 0.000000151. The van der Waals surface area contributed by atoms with Crippen LogP contribution in [0.4, 0.5) is 0 Å². The lowest BCUT2D eigenvalue weighted by Gasteiger charge is -2.17. The van der Waals surface area contributed by atoms with E-state index in [0.717, 1.165) is 28.7 Å². The molecule has 4 aromatic rings. The van der Waals surface area contributed by atoms with E-state index >= 15 is 0 Å². The van der Waals surface area contributed by atoms with Crippen LogP contribution in [0.3, 0.4) is 0 Å². The second kappa shape index (κ2) is 9.36. The fourth-order valence-corrected chi connectivity index (χ4v) is 5.17. The summed E-state index contributed by atoms with van der Waals surface area (Å²) in [5.41, 5.74) is 7.80. The highest BCUT2D eigenvalue weighted by atomic mass is 32.2. The Hall–Kier alpha value is -3.10. The van der Waals surface area contributed by atoms with Gasteiger partial charge < -0.3 is 0 Å². The zero-order valence-corrected chi connectivity index (χ0v) is 19.0. The van der Waals surface area contributed by atoms with Crippen molar-refractivity contribution in [3.8, 4) is 0 Å². The van der Waals surface area contributed by atoms with E-state index in [0.29, 0.717) is 0 Å². The van der Waals surface area contributed by atoms with Crippen molar-refractivity contribution < 1.29 is 4.79 Å². The Morgan fingerprint density at radius 1 is 0.677 bits per heavy atom. The monoisotopic (exact) mass is 422 g/mol. The Bertz CT molecular complexity index is 1110. The van der Waals surface area contributed by atoms with Crippen molar-refractivity contribution in [2.75, 3.05) is 0 Å². The third-order valence-electron chi connectivity index (χ3n) is 5.49. The van der Waals surface area contributed by atoms with Gasteiger partial charge in [0.15, 0.2) is 5.78 Å². The molecular weight excluding hydrogens is 396 g/mol. The molecule has 0 unspecified atom stereocenters.